The molecule has 0 aliphatic carbocycles. The van der Waals surface area contributed by atoms with Gasteiger partial charge in [0.05, 0.1) is 12.7 Å². The lowest BCUT2D eigenvalue weighted by Crippen LogP contribution is -2.41. The minimum atomic E-state index is -4.26. The van der Waals surface area contributed by atoms with E-state index in [1.807, 2.05) is 24.3 Å². The van der Waals surface area contributed by atoms with Crippen molar-refractivity contribution in [3.05, 3.63) is 60.3 Å². The average Bonchev–Trinajstić information content (AvgIpc) is 3.10. The lowest BCUT2D eigenvalue weighted by molar-refractivity contribution is 0.0981. The van der Waals surface area contributed by atoms with Crippen LogP contribution < -0.4 is 20.1 Å². The third kappa shape index (κ3) is 5.07. The average molecular weight is 496 g/mol. The molecule has 0 radical (unpaired) electrons. The Bertz CT molecular complexity index is 1370. The number of pyridine rings is 2. The normalized spacial score (nSPS) is 17.3. The summed E-state index contributed by atoms with van der Waals surface area (Å²) in [6, 6.07) is 13.2. The Balaban J connectivity index is 1.79. The number of ether oxygens (including phenoxy) is 1. The molecule has 3 N–H and O–H groups in total. The summed E-state index contributed by atoms with van der Waals surface area (Å²) in [4.78, 5) is 24.0. The SMILES string of the molecule is COc1cccc(-c2cnc(N3CC(C)CC3(C)C)c(C(=O)NS(=O)(=O)c3cccc(N)n3)c2)c1. The number of anilines is 2. The predicted molar refractivity (Wildman–Crippen MR) is 135 cm³/mol. The molecule has 35 heavy (non-hydrogen) atoms. The number of aromatic nitrogens is 2. The van der Waals surface area contributed by atoms with E-state index in [0.29, 0.717) is 29.6 Å². The molecule has 2 aromatic heterocycles. The zero-order valence-electron chi connectivity index (χ0n) is 20.1. The van der Waals surface area contributed by atoms with Crippen molar-refractivity contribution in [3.8, 4) is 16.9 Å². The van der Waals surface area contributed by atoms with Crippen LogP contribution in [0.3, 0.4) is 0 Å². The number of nitrogens with zero attached hydrogens (tertiary/aromatic N) is 3. The highest BCUT2D eigenvalue weighted by atomic mass is 32.2. The Kier molecular flexibility index (Phi) is 6.42. The number of carbonyl (C=O) groups excluding carboxylic acids is 1. The zero-order valence-corrected chi connectivity index (χ0v) is 21.0. The first-order chi connectivity index (χ1) is 16.5. The summed E-state index contributed by atoms with van der Waals surface area (Å²) >= 11 is 0. The molecule has 1 atom stereocenters. The molecule has 1 aliphatic rings. The van der Waals surface area contributed by atoms with Gasteiger partial charge in [-0.2, -0.15) is 8.42 Å². The molecule has 1 aromatic carbocycles. The number of benzene rings is 1. The van der Waals surface area contributed by atoms with Crippen molar-refractivity contribution in [2.24, 2.45) is 5.92 Å². The number of nitrogens with one attached hydrogen (secondary N) is 1. The van der Waals surface area contributed by atoms with Gasteiger partial charge in [-0.25, -0.2) is 14.7 Å². The summed E-state index contributed by atoms with van der Waals surface area (Å²) in [6.45, 7) is 7.01. The van der Waals surface area contributed by atoms with E-state index in [2.05, 4.69) is 40.4 Å². The number of carbonyl (C=O) groups is 1. The van der Waals surface area contributed by atoms with Crippen LogP contribution >= 0.6 is 0 Å². The fourth-order valence-electron chi connectivity index (χ4n) is 4.57. The van der Waals surface area contributed by atoms with Gasteiger partial charge in [0.2, 0.25) is 0 Å². The second-order valence-corrected chi connectivity index (χ2v) is 11.0. The number of amides is 1. The van der Waals surface area contributed by atoms with Gasteiger partial charge in [-0.3, -0.25) is 4.79 Å². The molecule has 0 saturated carbocycles. The van der Waals surface area contributed by atoms with Gasteiger partial charge in [0.25, 0.3) is 15.9 Å². The molecule has 4 rings (SSSR count). The maximum Gasteiger partial charge on any atom is 0.281 e. The first-order valence-electron chi connectivity index (χ1n) is 11.2. The van der Waals surface area contributed by atoms with Gasteiger partial charge >= 0.3 is 0 Å². The Morgan fingerprint density at radius 2 is 1.91 bits per heavy atom. The molecule has 1 aliphatic heterocycles. The van der Waals surface area contributed by atoms with Crippen molar-refractivity contribution >= 4 is 27.6 Å². The smallest absolute Gasteiger partial charge is 0.281 e. The summed E-state index contributed by atoms with van der Waals surface area (Å²) in [7, 11) is -2.68. The summed E-state index contributed by atoms with van der Waals surface area (Å²) in [5.41, 5.74) is 6.97. The molecule has 1 unspecified atom stereocenters. The highest BCUT2D eigenvalue weighted by molar-refractivity contribution is 7.90. The Morgan fingerprint density at radius 3 is 2.57 bits per heavy atom. The number of hydrogen-bond donors (Lipinski definition) is 2. The molecule has 3 aromatic rings. The zero-order chi connectivity index (χ0) is 25.4. The summed E-state index contributed by atoms with van der Waals surface area (Å²) in [5.74, 6) is 0.718. The lowest BCUT2D eigenvalue weighted by atomic mass is 9.97. The summed E-state index contributed by atoms with van der Waals surface area (Å²) in [6.07, 6.45) is 2.60. The van der Waals surface area contributed by atoms with Crippen LogP contribution in [0.25, 0.3) is 11.1 Å². The molecule has 3 heterocycles. The van der Waals surface area contributed by atoms with Crippen LogP contribution in [-0.2, 0) is 10.0 Å². The van der Waals surface area contributed by atoms with E-state index in [-0.39, 0.29) is 21.9 Å². The molecule has 10 heteroatoms. The highest BCUT2D eigenvalue weighted by Gasteiger charge is 2.39. The van der Waals surface area contributed by atoms with Crippen molar-refractivity contribution in [3.63, 3.8) is 0 Å². The first kappa shape index (κ1) is 24.5. The quantitative estimate of drug-likeness (QED) is 0.532. The van der Waals surface area contributed by atoms with Crippen LogP contribution in [0.15, 0.2) is 59.8 Å². The maximum atomic E-state index is 13.5. The molecule has 184 valence electrons. The van der Waals surface area contributed by atoms with Gasteiger partial charge < -0.3 is 15.4 Å². The molecular weight excluding hydrogens is 466 g/mol. The van der Waals surface area contributed by atoms with Crippen LogP contribution in [0.2, 0.25) is 0 Å². The van der Waals surface area contributed by atoms with Crippen LogP contribution in [0.4, 0.5) is 11.6 Å². The number of rotatable bonds is 6. The van der Waals surface area contributed by atoms with Crippen molar-refractivity contribution in [1.29, 1.82) is 0 Å². The van der Waals surface area contributed by atoms with E-state index in [1.54, 1.807) is 19.4 Å². The largest absolute Gasteiger partial charge is 0.497 e. The second-order valence-electron chi connectivity index (χ2n) is 9.39. The molecule has 0 spiro atoms. The molecule has 1 amide bonds. The first-order valence-corrected chi connectivity index (χ1v) is 12.7. The molecular formula is C25H29N5O4S. The van der Waals surface area contributed by atoms with Gasteiger partial charge in [0.15, 0.2) is 5.03 Å². The van der Waals surface area contributed by atoms with Crippen molar-refractivity contribution in [2.75, 3.05) is 24.3 Å². The third-order valence-corrected chi connectivity index (χ3v) is 7.32. The number of methoxy groups -OCH3 is 1. The van der Waals surface area contributed by atoms with E-state index in [0.717, 1.165) is 12.0 Å². The van der Waals surface area contributed by atoms with Gasteiger partial charge in [-0.1, -0.05) is 25.1 Å². The van der Waals surface area contributed by atoms with E-state index in [4.69, 9.17) is 10.5 Å². The highest BCUT2D eigenvalue weighted by Crippen LogP contribution is 2.38. The molecule has 1 fully saturated rings. The minimum Gasteiger partial charge on any atom is -0.497 e. The Labute approximate surface area is 205 Å². The number of nitrogens with two attached hydrogens (primary N) is 1. The summed E-state index contributed by atoms with van der Waals surface area (Å²) in [5, 5.41) is -0.334. The van der Waals surface area contributed by atoms with Gasteiger partial charge in [0.1, 0.15) is 17.4 Å². The summed E-state index contributed by atoms with van der Waals surface area (Å²) < 4.78 is 33.3. The van der Waals surface area contributed by atoms with Crippen LogP contribution in [-0.4, -0.2) is 43.5 Å². The standard InChI is InChI=1S/C25H29N5O4S/c1-16-13-25(2,3)30(15-16)23-20(12-18(14-27-23)17-7-5-8-19(11-17)34-4)24(31)29-35(32,33)22-10-6-9-21(26)28-22/h5-12,14,16H,13,15H2,1-4H3,(H2,26,28)(H,29,31). The van der Waals surface area contributed by atoms with Crippen LogP contribution in [0.1, 0.15) is 37.6 Å². The number of nitrogen functional groups attached to an aromatic ring is 1. The van der Waals surface area contributed by atoms with E-state index in [9.17, 15) is 13.2 Å². The van der Waals surface area contributed by atoms with E-state index < -0.39 is 15.9 Å². The van der Waals surface area contributed by atoms with Crippen molar-refractivity contribution in [2.45, 2.75) is 37.8 Å². The lowest BCUT2D eigenvalue weighted by Gasteiger charge is -2.33. The predicted octanol–water partition coefficient (Wildman–Crippen LogP) is 3.48. The number of sulfonamides is 1. The Morgan fingerprint density at radius 1 is 1.17 bits per heavy atom. The molecule has 0 bridgehead atoms. The second kappa shape index (κ2) is 9.18. The van der Waals surface area contributed by atoms with Gasteiger partial charge in [0, 0.05) is 23.8 Å². The maximum absolute atomic E-state index is 13.5. The van der Waals surface area contributed by atoms with E-state index in [1.165, 1.54) is 18.2 Å². The molecule has 1 saturated heterocycles. The van der Waals surface area contributed by atoms with Gasteiger partial charge in [-0.15, -0.1) is 0 Å². The van der Waals surface area contributed by atoms with Crippen molar-refractivity contribution in [1.82, 2.24) is 14.7 Å². The monoisotopic (exact) mass is 495 g/mol. The van der Waals surface area contributed by atoms with Crippen LogP contribution in [0.5, 0.6) is 5.75 Å². The van der Waals surface area contributed by atoms with Crippen molar-refractivity contribution < 1.29 is 17.9 Å². The van der Waals surface area contributed by atoms with Crippen LogP contribution in [0, 0.1) is 5.92 Å². The number of hydrogen-bond acceptors (Lipinski definition) is 8. The van der Waals surface area contributed by atoms with E-state index >= 15 is 0 Å². The topological polar surface area (TPSA) is 128 Å². The third-order valence-electron chi connectivity index (χ3n) is 6.09. The Hall–Kier alpha value is -3.66. The molecule has 9 nitrogen and oxygen atoms in total. The fourth-order valence-corrected chi connectivity index (χ4v) is 5.51. The fraction of sp³-hybridized carbons (Fsp3) is 0.320. The minimum absolute atomic E-state index is 0.0375. The van der Waals surface area contributed by atoms with Gasteiger partial charge in [-0.05, 0) is 62.1 Å².